The molecule has 2 N–H and O–H groups in total. The SMILES string of the molecule is CCCn1c(-n2cccn2)nc2c(NC(=O)c3ccc(C(F)(F)F)cc3)nc(NCCc3ccccc3)nc21. The van der Waals surface area contributed by atoms with E-state index in [1.165, 1.54) is 0 Å². The molecule has 0 unspecified atom stereocenters. The number of amides is 1. The second-order valence-corrected chi connectivity index (χ2v) is 8.77. The number of aromatic nitrogens is 6. The van der Waals surface area contributed by atoms with Gasteiger partial charge in [0.1, 0.15) is 0 Å². The van der Waals surface area contributed by atoms with Crippen LogP contribution in [0.15, 0.2) is 73.1 Å². The number of imidazole rings is 1. The van der Waals surface area contributed by atoms with Crippen LogP contribution in [0.4, 0.5) is 24.9 Å². The first-order valence-corrected chi connectivity index (χ1v) is 12.4. The second-order valence-electron chi connectivity index (χ2n) is 8.77. The molecule has 0 aliphatic heterocycles. The molecule has 9 nitrogen and oxygen atoms in total. The normalized spacial score (nSPS) is 11.6. The summed E-state index contributed by atoms with van der Waals surface area (Å²) in [7, 11) is 0. The molecule has 0 atom stereocenters. The number of nitrogens with one attached hydrogen (secondary N) is 2. The van der Waals surface area contributed by atoms with Crippen LogP contribution < -0.4 is 10.6 Å². The lowest BCUT2D eigenvalue weighted by Gasteiger charge is -2.11. The first-order chi connectivity index (χ1) is 18.8. The Labute approximate surface area is 221 Å². The van der Waals surface area contributed by atoms with Crippen LogP contribution in [-0.4, -0.2) is 41.8 Å². The number of alkyl halides is 3. The Morgan fingerprint density at radius 2 is 1.74 bits per heavy atom. The molecule has 0 fully saturated rings. The Morgan fingerprint density at radius 1 is 0.974 bits per heavy atom. The lowest BCUT2D eigenvalue weighted by Crippen LogP contribution is -2.16. The lowest BCUT2D eigenvalue weighted by atomic mass is 10.1. The molecule has 5 aromatic rings. The summed E-state index contributed by atoms with van der Waals surface area (Å²) < 4.78 is 42.4. The van der Waals surface area contributed by atoms with E-state index in [1.54, 1.807) is 23.1 Å². The first-order valence-electron chi connectivity index (χ1n) is 12.4. The van der Waals surface area contributed by atoms with E-state index in [1.807, 2.05) is 41.8 Å². The van der Waals surface area contributed by atoms with Crippen LogP contribution in [0.5, 0.6) is 0 Å². The van der Waals surface area contributed by atoms with Crippen LogP contribution in [0.3, 0.4) is 0 Å². The van der Waals surface area contributed by atoms with Crippen molar-refractivity contribution in [3.05, 3.63) is 89.7 Å². The molecule has 0 spiro atoms. The van der Waals surface area contributed by atoms with Gasteiger partial charge in [0.2, 0.25) is 11.9 Å². The zero-order valence-electron chi connectivity index (χ0n) is 21.0. The molecule has 0 aliphatic rings. The zero-order valence-corrected chi connectivity index (χ0v) is 21.0. The minimum atomic E-state index is -4.50. The molecule has 0 saturated carbocycles. The number of hydrogen-bond donors (Lipinski definition) is 2. The van der Waals surface area contributed by atoms with E-state index >= 15 is 0 Å². The molecule has 0 bridgehead atoms. The van der Waals surface area contributed by atoms with E-state index in [2.05, 4.69) is 25.7 Å². The number of hydrogen-bond acceptors (Lipinski definition) is 6. The van der Waals surface area contributed by atoms with Crippen molar-refractivity contribution in [2.75, 3.05) is 17.2 Å². The minimum Gasteiger partial charge on any atom is -0.354 e. The van der Waals surface area contributed by atoms with Crippen LogP contribution >= 0.6 is 0 Å². The van der Waals surface area contributed by atoms with Gasteiger partial charge >= 0.3 is 6.18 Å². The molecule has 1 amide bonds. The van der Waals surface area contributed by atoms with Crippen LogP contribution in [-0.2, 0) is 19.1 Å². The number of carbonyl (C=O) groups is 1. The van der Waals surface area contributed by atoms with E-state index in [9.17, 15) is 18.0 Å². The molecular formula is C27H25F3N8O. The third kappa shape index (κ3) is 5.74. The summed E-state index contributed by atoms with van der Waals surface area (Å²) in [5, 5.41) is 10.2. The Kier molecular flexibility index (Phi) is 7.26. The predicted molar refractivity (Wildman–Crippen MR) is 141 cm³/mol. The van der Waals surface area contributed by atoms with E-state index < -0.39 is 17.6 Å². The van der Waals surface area contributed by atoms with Gasteiger partial charge in [-0.2, -0.15) is 28.2 Å². The molecule has 200 valence electrons. The lowest BCUT2D eigenvalue weighted by molar-refractivity contribution is -0.137. The highest BCUT2D eigenvalue weighted by atomic mass is 19.4. The number of aryl methyl sites for hydroxylation is 1. The van der Waals surface area contributed by atoms with Gasteiger partial charge < -0.3 is 10.6 Å². The molecule has 3 heterocycles. The van der Waals surface area contributed by atoms with Crippen LogP contribution in [0.1, 0.15) is 34.8 Å². The van der Waals surface area contributed by atoms with Crippen molar-refractivity contribution >= 4 is 28.8 Å². The molecular weight excluding hydrogens is 509 g/mol. The Balaban J connectivity index is 1.51. The topological polar surface area (TPSA) is 103 Å². The van der Waals surface area contributed by atoms with Gasteiger partial charge in [0.05, 0.1) is 5.56 Å². The number of nitrogens with zero attached hydrogens (tertiary/aromatic N) is 6. The average molecular weight is 535 g/mol. The van der Waals surface area contributed by atoms with Crippen molar-refractivity contribution in [3.63, 3.8) is 0 Å². The van der Waals surface area contributed by atoms with Crippen molar-refractivity contribution in [1.29, 1.82) is 0 Å². The second kappa shape index (κ2) is 10.9. The van der Waals surface area contributed by atoms with Crippen LogP contribution in [0.2, 0.25) is 0 Å². The van der Waals surface area contributed by atoms with Crippen LogP contribution in [0, 0.1) is 0 Å². The van der Waals surface area contributed by atoms with Crippen molar-refractivity contribution in [1.82, 2.24) is 29.3 Å². The number of halogens is 3. The van der Waals surface area contributed by atoms with E-state index in [0.29, 0.717) is 30.2 Å². The monoisotopic (exact) mass is 534 g/mol. The van der Waals surface area contributed by atoms with Gasteiger partial charge in [0.15, 0.2) is 17.0 Å². The highest BCUT2D eigenvalue weighted by Gasteiger charge is 2.30. The molecule has 0 radical (unpaired) electrons. The Hall–Kier alpha value is -4.74. The number of benzene rings is 2. The van der Waals surface area contributed by atoms with E-state index in [4.69, 9.17) is 4.98 Å². The summed E-state index contributed by atoms with van der Waals surface area (Å²) in [5.41, 5.74) is 1.17. The van der Waals surface area contributed by atoms with Crippen molar-refractivity contribution in [2.45, 2.75) is 32.5 Å². The molecule has 2 aromatic carbocycles. The van der Waals surface area contributed by atoms with Gasteiger partial charge in [-0.15, -0.1) is 0 Å². The zero-order chi connectivity index (χ0) is 27.4. The van der Waals surface area contributed by atoms with Crippen molar-refractivity contribution in [2.24, 2.45) is 0 Å². The summed E-state index contributed by atoms with van der Waals surface area (Å²) in [4.78, 5) is 26.9. The molecule has 0 aliphatic carbocycles. The summed E-state index contributed by atoms with van der Waals surface area (Å²) >= 11 is 0. The van der Waals surface area contributed by atoms with Crippen molar-refractivity contribution < 1.29 is 18.0 Å². The van der Waals surface area contributed by atoms with Crippen molar-refractivity contribution in [3.8, 4) is 5.95 Å². The third-order valence-electron chi connectivity index (χ3n) is 5.98. The first kappa shape index (κ1) is 25.9. The standard InChI is InChI=1S/C27H25F3N8O/c1-2-16-37-23-21(33-26(37)38-17-6-14-32-38)22(34-24(39)19-9-11-20(12-10-19)27(28,29)30)35-25(36-23)31-15-13-18-7-4-3-5-8-18/h3-12,14,17H,2,13,15-16H2,1H3,(H2,31,34,35,36,39). The summed E-state index contributed by atoms with van der Waals surface area (Å²) in [5.74, 6) is 0.294. The van der Waals surface area contributed by atoms with Gasteiger partial charge in [-0.25, -0.2) is 9.67 Å². The number of rotatable bonds is 9. The van der Waals surface area contributed by atoms with E-state index in [0.717, 1.165) is 42.7 Å². The Morgan fingerprint density at radius 3 is 2.41 bits per heavy atom. The third-order valence-corrected chi connectivity index (χ3v) is 5.98. The fourth-order valence-electron chi connectivity index (χ4n) is 4.10. The molecule has 39 heavy (non-hydrogen) atoms. The van der Waals surface area contributed by atoms with E-state index in [-0.39, 0.29) is 17.3 Å². The molecule has 5 rings (SSSR count). The summed E-state index contributed by atoms with van der Waals surface area (Å²) in [6, 6.07) is 15.7. The smallest absolute Gasteiger partial charge is 0.354 e. The number of fused-ring (bicyclic) bond motifs is 1. The van der Waals surface area contributed by atoms with Gasteiger partial charge in [-0.05, 0) is 48.7 Å². The van der Waals surface area contributed by atoms with Gasteiger partial charge in [-0.1, -0.05) is 37.3 Å². The molecule has 3 aromatic heterocycles. The van der Waals surface area contributed by atoms with Gasteiger partial charge in [0, 0.05) is 31.0 Å². The van der Waals surface area contributed by atoms with Gasteiger partial charge in [-0.3, -0.25) is 9.36 Å². The number of anilines is 2. The highest BCUT2D eigenvalue weighted by Crippen LogP contribution is 2.30. The maximum Gasteiger partial charge on any atom is 0.416 e. The quantitative estimate of drug-likeness (QED) is 0.264. The predicted octanol–water partition coefficient (Wildman–Crippen LogP) is 5.35. The van der Waals surface area contributed by atoms with Crippen LogP contribution in [0.25, 0.3) is 17.1 Å². The van der Waals surface area contributed by atoms with Gasteiger partial charge in [0.25, 0.3) is 5.91 Å². The fraction of sp³-hybridized carbons (Fsp3) is 0.222. The Bertz CT molecular complexity index is 1560. The molecule has 12 heteroatoms. The average Bonchev–Trinajstić information content (AvgIpc) is 3.58. The largest absolute Gasteiger partial charge is 0.416 e. The maximum atomic E-state index is 13.0. The number of carbonyl (C=O) groups excluding carboxylic acids is 1. The fourth-order valence-corrected chi connectivity index (χ4v) is 4.10. The maximum absolute atomic E-state index is 13.0. The summed E-state index contributed by atoms with van der Waals surface area (Å²) in [6.45, 7) is 3.14. The molecule has 0 saturated heterocycles. The minimum absolute atomic E-state index is 0.0497. The summed E-state index contributed by atoms with van der Waals surface area (Å²) in [6.07, 6.45) is 0.393. The highest BCUT2D eigenvalue weighted by molar-refractivity contribution is 6.07.